The van der Waals surface area contributed by atoms with Gasteiger partial charge in [0.05, 0.1) is 0 Å². The summed E-state index contributed by atoms with van der Waals surface area (Å²) in [7, 11) is 0. The van der Waals surface area contributed by atoms with E-state index in [1.54, 1.807) is 6.20 Å². The number of H-pyrrole nitrogens is 1. The lowest BCUT2D eigenvalue weighted by molar-refractivity contribution is -0.107. The van der Waals surface area contributed by atoms with Gasteiger partial charge in [-0.1, -0.05) is 0 Å². The van der Waals surface area contributed by atoms with Gasteiger partial charge in [-0.15, -0.1) is 0 Å². The minimum Gasteiger partial charge on any atom is -0.346 e. The number of aldehydes is 1. The zero-order chi connectivity index (χ0) is 9.26. The van der Waals surface area contributed by atoms with Gasteiger partial charge in [-0.25, -0.2) is 4.98 Å². The van der Waals surface area contributed by atoms with E-state index in [1.807, 2.05) is 19.2 Å². The largest absolute Gasteiger partial charge is 0.346 e. The van der Waals surface area contributed by atoms with E-state index in [-0.39, 0.29) is 0 Å². The van der Waals surface area contributed by atoms with E-state index < -0.39 is 0 Å². The number of hydrogen-bond acceptors (Lipinski definition) is 2. The number of nitrogens with zero attached hydrogens (tertiary/aromatic N) is 1. The Bertz CT molecular complexity index is 445. The summed E-state index contributed by atoms with van der Waals surface area (Å²) in [6.07, 6.45) is 4.96. The number of fused-ring (bicyclic) bond motifs is 1. The average Bonchev–Trinajstić information content (AvgIpc) is 2.58. The lowest BCUT2D eigenvalue weighted by atomic mass is 10.1. The maximum absolute atomic E-state index is 10.4. The normalized spacial score (nSPS) is 10.5. The standard InChI is InChI=1S/C10H10N2O/c1-7-8(3-5-13)6-12-10-9(7)2-4-11-10/h2,4-6H,3H2,1H3,(H,11,12). The molecule has 0 radical (unpaired) electrons. The van der Waals surface area contributed by atoms with Crippen LogP contribution in [-0.2, 0) is 11.2 Å². The number of aromatic amines is 1. The predicted molar refractivity (Wildman–Crippen MR) is 50.6 cm³/mol. The Morgan fingerprint density at radius 3 is 3.23 bits per heavy atom. The summed E-state index contributed by atoms with van der Waals surface area (Å²) in [5.74, 6) is 0. The van der Waals surface area contributed by atoms with Crippen molar-refractivity contribution in [1.29, 1.82) is 0 Å². The molecule has 0 spiro atoms. The van der Waals surface area contributed by atoms with E-state index in [1.165, 1.54) is 0 Å². The highest BCUT2D eigenvalue weighted by molar-refractivity contribution is 5.80. The highest BCUT2D eigenvalue weighted by atomic mass is 16.1. The van der Waals surface area contributed by atoms with Crippen LogP contribution >= 0.6 is 0 Å². The van der Waals surface area contributed by atoms with Gasteiger partial charge in [0, 0.05) is 24.2 Å². The molecule has 13 heavy (non-hydrogen) atoms. The Hall–Kier alpha value is -1.64. The van der Waals surface area contributed by atoms with Crippen molar-refractivity contribution in [3.63, 3.8) is 0 Å². The van der Waals surface area contributed by atoms with Crippen LogP contribution < -0.4 is 0 Å². The molecule has 0 bridgehead atoms. The molecule has 0 aromatic carbocycles. The van der Waals surface area contributed by atoms with Crippen LogP contribution in [0, 0.1) is 6.92 Å². The summed E-state index contributed by atoms with van der Waals surface area (Å²) in [6.45, 7) is 2.01. The van der Waals surface area contributed by atoms with Crippen molar-refractivity contribution in [1.82, 2.24) is 9.97 Å². The molecule has 3 nitrogen and oxygen atoms in total. The molecule has 1 N–H and O–H groups in total. The summed E-state index contributed by atoms with van der Waals surface area (Å²) < 4.78 is 0. The molecule has 3 heteroatoms. The van der Waals surface area contributed by atoms with Crippen molar-refractivity contribution in [2.45, 2.75) is 13.3 Å². The second kappa shape index (κ2) is 3.01. The number of nitrogens with one attached hydrogen (secondary N) is 1. The van der Waals surface area contributed by atoms with Crippen LogP contribution in [-0.4, -0.2) is 16.3 Å². The van der Waals surface area contributed by atoms with Crippen molar-refractivity contribution in [2.75, 3.05) is 0 Å². The molecule has 2 aromatic rings. The zero-order valence-electron chi connectivity index (χ0n) is 7.37. The third kappa shape index (κ3) is 1.22. The molecule has 2 aromatic heterocycles. The summed E-state index contributed by atoms with van der Waals surface area (Å²) >= 11 is 0. The number of aromatic nitrogens is 2. The van der Waals surface area contributed by atoms with E-state index >= 15 is 0 Å². The van der Waals surface area contributed by atoms with Crippen molar-refractivity contribution < 1.29 is 4.79 Å². The highest BCUT2D eigenvalue weighted by Gasteiger charge is 2.04. The van der Waals surface area contributed by atoms with Crippen LogP contribution in [0.3, 0.4) is 0 Å². The fourth-order valence-corrected chi connectivity index (χ4v) is 1.48. The molecule has 0 aliphatic carbocycles. The highest BCUT2D eigenvalue weighted by Crippen LogP contribution is 2.18. The minimum absolute atomic E-state index is 0.444. The van der Waals surface area contributed by atoms with Crippen molar-refractivity contribution >= 4 is 17.3 Å². The Kier molecular flexibility index (Phi) is 1.85. The second-order valence-electron chi connectivity index (χ2n) is 3.02. The van der Waals surface area contributed by atoms with Gasteiger partial charge < -0.3 is 9.78 Å². The van der Waals surface area contributed by atoms with Crippen LogP contribution in [0.5, 0.6) is 0 Å². The molecule has 0 amide bonds. The van der Waals surface area contributed by atoms with Gasteiger partial charge in [0.25, 0.3) is 0 Å². The lowest BCUT2D eigenvalue weighted by Gasteiger charge is -2.01. The predicted octanol–water partition coefficient (Wildman–Crippen LogP) is 1.61. The summed E-state index contributed by atoms with van der Waals surface area (Å²) in [5.41, 5.74) is 3.02. The summed E-state index contributed by atoms with van der Waals surface area (Å²) in [4.78, 5) is 17.6. The SMILES string of the molecule is Cc1c(CC=O)cnc2[nH]ccc12. The second-order valence-corrected chi connectivity index (χ2v) is 3.02. The van der Waals surface area contributed by atoms with Crippen molar-refractivity contribution in [3.8, 4) is 0 Å². The third-order valence-electron chi connectivity index (χ3n) is 2.26. The molecule has 66 valence electrons. The van der Waals surface area contributed by atoms with E-state index in [4.69, 9.17) is 0 Å². The van der Waals surface area contributed by atoms with E-state index in [0.717, 1.165) is 28.4 Å². The van der Waals surface area contributed by atoms with E-state index in [9.17, 15) is 4.79 Å². The van der Waals surface area contributed by atoms with Crippen LogP contribution in [0.2, 0.25) is 0 Å². The first-order chi connectivity index (χ1) is 6.33. The van der Waals surface area contributed by atoms with Crippen LogP contribution in [0.15, 0.2) is 18.5 Å². The molecule has 0 unspecified atom stereocenters. The molecular weight excluding hydrogens is 164 g/mol. The Labute approximate surface area is 75.8 Å². The first-order valence-corrected chi connectivity index (χ1v) is 4.18. The van der Waals surface area contributed by atoms with Gasteiger partial charge in [-0.2, -0.15) is 0 Å². The fraction of sp³-hybridized carbons (Fsp3) is 0.200. The monoisotopic (exact) mass is 174 g/mol. The maximum Gasteiger partial charge on any atom is 0.137 e. The number of rotatable bonds is 2. The average molecular weight is 174 g/mol. The zero-order valence-corrected chi connectivity index (χ0v) is 7.37. The Morgan fingerprint density at radius 2 is 2.46 bits per heavy atom. The quantitative estimate of drug-likeness (QED) is 0.703. The van der Waals surface area contributed by atoms with Crippen molar-refractivity contribution in [3.05, 3.63) is 29.6 Å². The fourth-order valence-electron chi connectivity index (χ4n) is 1.48. The van der Waals surface area contributed by atoms with Gasteiger partial charge in [0.2, 0.25) is 0 Å². The molecule has 2 heterocycles. The number of pyridine rings is 1. The van der Waals surface area contributed by atoms with Crippen LogP contribution in [0.25, 0.3) is 11.0 Å². The lowest BCUT2D eigenvalue weighted by Crippen LogP contribution is -1.92. The third-order valence-corrected chi connectivity index (χ3v) is 2.26. The minimum atomic E-state index is 0.444. The summed E-state index contributed by atoms with van der Waals surface area (Å²) in [6, 6.07) is 1.98. The van der Waals surface area contributed by atoms with Crippen molar-refractivity contribution in [2.24, 2.45) is 0 Å². The molecule has 0 atom stereocenters. The smallest absolute Gasteiger partial charge is 0.137 e. The topological polar surface area (TPSA) is 45.8 Å². The molecule has 2 rings (SSSR count). The van der Waals surface area contributed by atoms with Gasteiger partial charge in [-0.05, 0) is 24.1 Å². The Morgan fingerprint density at radius 1 is 1.62 bits per heavy atom. The Balaban J connectivity index is 2.65. The van der Waals surface area contributed by atoms with Gasteiger partial charge in [0.1, 0.15) is 11.9 Å². The number of hydrogen-bond donors (Lipinski definition) is 1. The summed E-state index contributed by atoms with van der Waals surface area (Å²) in [5, 5.41) is 1.10. The van der Waals surface area contributed by atoms with Crippen LogP contribution in [0.4, 0.5) is 0 Å². The molecular formula is C10H10N2O. The number of carbonyl (C=O) groups is 1. The van der Waals surface area contributed by atoms with Gasteiger partial charge in [-0.3, -0.25) is 0 Å². The number of aryl methyl sites for hydroxylation is 1. The molecule has 0 fully saturated rings. The van der Waals surface area contributed by atoms with Gasteiger partial charge >= 0.3 is 0 Å². The first-order valence-electron chi connectivity index (χ1n) is 4.18. The number of carbonyl (C=O) groups excluding carboxylic acids is 1. The van der Waals surface area contributed by atoms with Gasteiger partial charge in [0.15, 0.2) is 0 Å². The van der Waals surface area contributed by atoms with E-state index in [2.05, 4.69) is 9.97 Å². The molecule has 0 saturated heterocycles. The maximum atomic E-state index is 10.4. The van der Waals surface area contributed by atoms with Crippen LogP contribution in [0.1, 0.15) is 11.1 Å². The van der Waals surface area contributed by atoms with E-state index in [0.29, 0.717) is 6.42 Å². The first kappa shape index (κ1) is 7.98. The molecule has 0 aliphatic heterocycles. The molecule has 0 aliphatic rings. The molecule has 0 saturated carbocycles.